The number of hydrogen-bond acceptors (Lipinski definition) is 8. The number of aryl methyl sites for hydroxylation is 1. The third kappa shape index (κ3) is 4.37. The second-order valence-electron chi connectivity index (χ2n) is 6.37. The van der Waals surface area contributed by atoms with Crippen molar-refractivity contribution in [1.29, 1.82) is 0 Å². The van der Waals surface area contributed by atoms with E-state index in [1.807, 2.05) is 31.2 Å². The smallest absolute Gasteiger partial charge is 0.337 e. The van der Waals surface area contributed by atoms with Crippen molar-refractivity contribution in [3.63, 3.8) is 0 Å². The number of rotatable bonds is 5. The highest BCUT2D eigenvalue weighted by Gasteiger charge is 2.12. The van der Waals surface area contributed by atoms with Gasteiger partial charge in [-0.05, 0) is 37.3 Å². The fourth-order valence-electron chi connectivity index (χ4n) is 2.95. The summed E-state index contributed by atoms with van der Waals surface area (Å²) in [5.74, 6) is 2.85. The number of anilines is 4. The van der Waals surface area contributed by atoms with Crippen LogP contribution in [0.4, 0.5) is 23.0 Å². The Morgan fingerprint density at radius 1 is 0.931 bits per heavy atom. The molecule has 3 aromatic rings. The molecule has 8 heteroatoms. The Morgan fingerprint density at radius 2 is 1.62 bits per heavy atom. The van der Waals surface area contributed by atoms with Crippen LogP contribution < -0.4 is 20.1 Å². The molecule has 0 amide bonds. The molecule has 0 unspecified atom stereocenters. The van der Waals surface area contributed by atoms with E-state index in [1.165, 1.54) is 7.11 Å². The van der Waals surface area contributed by atoms with E-state index in [4.69, 9.17) is 14.2 Å². The maximum Gasteiger partial charge on any atom is 0.337 e. The lowest BCUT2D eigenvalue weighted by molar-refractivity contribution is 0.0601. The molecule has 1 aromatic heterocycles. The number of esters is 1. The Hall–Kier alpha value is -3.81. The third-order valence-corrected chi connectivity index (χ3v) is 4.21. The summed E-state index contributed by atoms with van der Waals surface area (Å²) in [6.45, 7) is 2.89. The van der Waals surface area contributed by atoms with Crippen molar-refractivity contribution in [2.24, 2.45) is 0 Å². The average molecular weight is 392 g/mol. The molecule has 0 aliphatic carbocycles. The van der Waals surface area contributed by atoms with Crippen LogP contribution in [0, 0.1) is 6.92 Å². The molecule has 0 spiro atoms. The van der Waals surface area contributed by atoms with E-state index < -0.39 is 5.97 Å². The summed E-state index contributed by atoms with van der Waals surface area (Å²) < 4.78 is 15.9. The first-order chi connectivity index (χ1) is 14.1. The Morgan fingerprint density at radius 3 is 2.34 bits per heavy atom. The van der Waals surface area contributed by atoms with Gasteiger partial charge in [0.15, 0.2) is 11.5 Å². The molecule has 0 saturated carbocycles. The number of benzene rings is 2. The second-order valence-corrected chi connectivity index (χ2v) is 6.37. The summed E-state index contributed by atoms with van der Waals surface area (Å²) in [7, 11) is 1.35. The summed E-state index contributed by atoms with van der Waals surface area (Å²) >= 11 is 0. The van der Waals surface area contributed by atoms with E-state index >= 15 is 0 Å². The number of carbonyl (C=O) groups is 1. The molecule has 29 heavy (non-hydrogen) atoms. The number of nitrogens with one attached hydrogen (secondary N) is 2. The number of carbonyl (C=O) groups excluding carboxylic acids is 1. The molecule has 0 atom stereocenters. The summed E-state index contributed by atoms with van der Waals surface area (Å²) in [4.78, 5) is 20.6. The van der Waals surface area contributed by atoms with Crippen LogP contribution >= 0.6 is 0 Å². The van der Waals surface area contributed by atoms with E-state index in [9.17, 15) is 4.79 Å². The van der Waals surface area contributed by atoms with Gasteiger partial charge in [0.05, 0.1) is 12.7 Å². The van der Waals surface area contributed by atoms with Crippen molar-refractivity contribution in [2.75, 3.05) is 31.0 Å². The highest BCUT2D eigenvalue weighted by molar-refractivity contribution is 5.90. The highest BCUT2D eigenvalue weighted by atomic mass is 16.6. The van der Waals surface area contributed by atoms with Gasteiger partial charge < -0.3 is 24.8 Å². The molecular formula is C21H20N4O4. The van der Waals surface area contributed by atoms with Gasteiger partial charge in [-0.2, -0.15) is 0 Å². The summed E-state index contributed by atoms with van der Waals surface area (Å²) in [6.07, 6.45) is 0. The van der Waals surface area contributed by atoms with Gasteiger partial charge >= 0.3 is 5.97 Å². The number of nitrogens with zero attached hydrogens (tertiary/aromatic N) is 2. The molecule has 1 aliphatic rings. The van der Waals surface area contributed by atoms with Gasteiger partial charge in [-0.3, -0.25) is 0 Å². The van der Waals surface area contributed by atoms with E-state index in [0.717, 1.165) is 17.1 Å². The van der Waals surface area contributed by atoms with Gasteiger partial charge in [-0.1, -0.05) is 6.07 Å². The van der Waals surface area contributed by atoms with Crippen molar-refractivity contribution in [2.45, 2.75) is 6.92 Å². The zero-order chi connectivity index (χ0) is 20.2. The minimum Gasteiger partial charge on any atom is -0.486 e. The first kappa shape index (κ1) is 18.5. The molecule has 0 radical (unpaired) electrons. The minimum atomic E-state index is -0.395. The zero-order valence-electron chi connectivity index (χ0n) is 16.1. The first-order valence-corrected chi connectivity index (χ1v) is 9.08. The molecule has 0 fully saturated rings. The topological polar surface area (TPSA) is 94.6 Å². The maximum atomic E-state index is 11.7. The SMILES string of the molecule is COC(=O)c1cccc(Nc2cc(Nc3ccc4c(c3)OCCO4)nc(C)n2)c1. The third-order valence-electron chi connectivity index (χ3n) is 4.21. The number of methoxy groups -OCH3 is 1. The van der Waals surface area contributed by atoms with Crippen LogP contribution in [0.25, 0.3) is 0 Å². The minimum absolute atomic E-state index is 0.395. The fraction of sp³-hybridized carbons (Fsp3) is 0.190. The van der Waals surface area contributed by atoms with Crippen LogP contribution in [-0.4, -0.2) is 36.3 Å². The Kier molecular flexibility index (Phi) is 5.15. The van der Waals surface area contributed by atoms with E-state index in [2.05, 4.69) is 20.6 Å². The van der Waals surface area contributed by atoms with E-state index in [0.29, 0.717) is 42.0 Å². The lowest BCUT2D eigenvalue weighted by atomic mass is 10.2. The molecule has 8 nitrogen and oxygen atoms in total. The van der Waals surface area contributed by atoms with Gasteiger partial charge in [0.1, 0.15) is 30.7 Å². The molecular weight excluding hydrogens is 372 g/mol. The molecule has 4 rings (SSSR count). The normalized spacial score (nSPS) is 12.2. The van der Waals surface area contributed by atoms with E-state index in [1.54, 1.807) is 24.3 Å². The molecule has 0 saturated heterocycles. The lowest BCUT2D eigenvalue weighted by Crippen LogP contribution is -2.15. The van der Waals surface area contributed by atoms with Crippen LogP contribution in [0.5, 0.6) is 11.5 Å². The second kappa shape index (κ2) is 8.05. The molecule has 2 heterocycles. The average Bonchev–Trinajstić information content (AvgIpc) is 2.73. The van der Waals surface area contributed by atoms with Crippen molar-refractivity contribution in [3.05, 3.63) is 59.9 Å². The van der Waals surface area contributed by atoms with Crippen molar-refractivity contribution in [1.82, 2.24) is 9.97 Å². The molecule has 1 aliphatic heterocycles. The summed E-state index contributed by atoms with van der Waals surface area (Å²) in [5, 5.41) is 6.46. The fourth-order valence-corrected chi connectivity index (χ4v) is 2.95. The molecule has 148 valence electrons. The largest absolute Gasteiger partial charge is 0.486 e. The predicted molar refractivity (Wildman–Crippen MR) is 109 cm³/mol. The van der Waals surface area contributed by atoms with Crippen LogP contribution in [0.3, 0.4) is 0 Å². The molecule has 0 bridgehead atoms. The Balaban J connectivity index is 1.54. The predicted octanol–water partition coefficient (Wildman–Crippen LogP) is 3.83. The molecule has 2 aromatic carbocycles. The van der Waals surface area contributed by atoms with Crippen LogP contribution in [0.15, 0.2) is 48.5 Å². The quantitative estimate of drug-likeness (QED) is 0.633. The first-order valence-electron chi connectivity index (χ1n) is 9.08. The Labute approximate surface area is 167 Å². The maximum absolute atomic E-state index is 11.7. The lowest BCUT2D eigenvalue weighted by Gasteiger charge is -2.19. The van der Waals surface area contributed by atoms with Crippen LogP contribution in [0.1, 0.15) is 16.2 Å². The van der Waals surface area contributed by atoms with Crippen molar-refractivity contribution in [3.8, 4) is 11.5 Å². The van der Waals surface area contributed by atoms with Crippen molar-refractivity contribution >= 4 is 29.0 Å². The Bertz CT molecular complexity index is 1050. The highest BCUT2D eigenvalue weighted by Crippen LogP contribution is 2.33. The van der Waals surface area contributed by atoms with Gasteiger partial charge in [0.2, 0.25) is 0 Å². The summed E-state index contributed by atoms with van der Waals surface area (Å²) in [5.41, 5.74) is 2.00. The monoisotopic (exact) mass is 392 g/mol. The molecule has 2 N–H and O–H groups in total. The summed E-state index contributed by atoms with van der Waals surface area (Å²) in [6, 6.07) is 14.4. The number of hydrogen-bond donors (Lipinski definition) is 2. The van der Waals surface area contributed by atoms with Crippen LogP contribution in [0.2, 0.25) is 0 Å². The van der Waals surface area contributed by atoms with Gasteiger partial charge in [0.25, 0.3) is 0 Å². The number of ether oxygens (including phenoxy) is 3. The van der Waals surface area contributed by atoms with Gasteiger partial charge in [-0.25, -0.2) is 14.8 Å². The number of aromatic nitrogens is 2. The zero-order valence-corrected chi connectivity index (χ0v) is 16.1. The van der Waals surface area contributed by atoms with Gasteiger partial charge in [-0.15, -0.1) is 0 Å². The van der Waals surface area contributed by atoms with Crippen LogP contribution in [-0.2, 0) is 4.74 Å². The van der Waals surface area contributed by atoms with Crippen molar-refractivity contribution < 1.29 is 19.0 Å². The number of fused-ring (bicyclic) bond motifs is 1. The van der Waals surface area contributed by atoms with Gasteiger partial charge in [0, 0.05) is 23.5 Å². The van der Waals surface area contributed by atoms with E-state index in [-0.39, 0.29) is 0 Å². The standard InChI is InChI=1S/C21H20N4O4/c1-13-22-19(24-15-5-3-4-14(10-15)21(26)27-2)12-20(23-13)25-16-6-7-17-18(11-16)29-9-8-28-17/h3-7,10-12H,8-9H2,1-2H3,(H2,22,23,24,25).